The lowest BCUT2D eigenvalue weighted by Gasteiger charge is -2.12. The van der Waals surface area contributed by atoms with E-state index in [1.54, 1.807) is 0 Å². The molecular formula is C33H21BrN2. The van der Waals surface area contributed by atoms with Crippen LogP contribution < -0.4 is 0 Å². The van der Waals surface area contributed by atoms with Crippen molar-refractivity contribution in [2.45, 2.75) is 0 Å². The smallest absolute Gasteiger partial charge is 0.0541 e. The summed E-state index contributed by atoms with van der Waals surface area (Å²) in [5, 5.41) is 4.84. The Morgan fingerprint density at radius 2 is 1.33 bits per heavy atom. The van der Waals surface area contributed by atoms with Crippen LogP contribution in [-0.2, 0) is 0 Å². The maximum absolute atomic E-state index is 4.33. The van der Waals surface area contributed by atoms with Gasteiger partial charge >= 0.3 is 0 Å². The summed E-state index contributed by atoms with van der Waals surface area (Å²) in [5.74, 6) is 0. The largest absolute Gasteiger partial charge is 0.309 e. The molecule has 2 aromatic heterocycles. The Kier molecular flexibility index (Phi) is 4.97. The topological polar surface area (TPSA) is 17.8 Å². The molecule has 0 amide bonds. The number of fused-ring (bicyclic) bond motifs is 4. The average Bonchev–Trinajstić information content (AvgIpc) is 3.27. The number of rotatable bonds is 3. The van der Waals surface area contributed by atoms with Gasteiger partial charge in [-0.2, -0.15) is 0 Å². The highest BCUT2D eigenvalue weighted by Gasteiger charge is 2.15. The first-order chi connectivity index (χ1) is 17.8. The van der Waals surface area contributed by atoms with Crippen LogP contribution >= 0.6 is 15.9 Å². The van der Waals surface area contributed by atoms with Crippen molar-refractivity contribution in [3.05, 3.63) is 132 Å². The Morgan fingerprint density at radius 1 is 0.556 bits per heavy atom. The summed E-state index contributed by atoms with van der Waals surface area (Å²) in [7, 11) is 0. The highest BCUT2D eigenvalue weighted by atomic mass is 79.9. The monoisotopic (exact) mass is 524 g/mol. The Bertz CT molecular complexity index is 1910. The third kappa shape index (κ3) is 3.35. The molecular weight excluding hydrogens is 504 g/mol. The van der Waals surface area contributed by atoms with Gasteiger partial charge in [0.25, 0.3) is 0 Å². The lowest BCUT2D eigenvalue weighted by atomic mass is 9.98. The van der Waals surface area contributed by atoms with Gasteiger partial charge in [-0.15, -0.1) is 0 Å². The first kappa shape index (κ1) is 21.1. The molecule has 7 rings (SSSR count). The van der Waals surface area contributed by atoms with Gasteiger partial charge in [0.2, 0.25) is 0 Å². The van der Waals surface area contributed by atoms with E-state index >= 15 is 0 Å². The molecule has 0 saturated heterocycles. The maximum atomic E-state index is 4.33. The molecule has 170 valence electrons. The third-order valence-electron chi connectivity index (χ3n) is 6.95. The second-order valence-corrected chi connectivity index (χ2v) is 9.87. The van der Waals surface area contributed by atoms with E-state index in [1.165, 1.54) is 55.1 Å². The van der Waals surface area contributed by atoms with Crippen LogP contribution in [0.2, 0.25) is 0 Å². The fraction of sp³-hybridized carbons (Fsp3) is 0. The Hall–Kier alpha value is -4.21. The lowest BCUT2D eigenvalue weighted by Crippen LogP contribution is -1.95. The van der Waals surface area contributed by atoms with Crippen LogP contribution in [0, 0.1) is 0 Å². The SMILES string of the molecule is Brc1ccccc1-c1cccc(-c2ccc3c(c2)c2ccccc2n3-c2cccc3cnccc23)c1. The number of hydrogen-bond acceptors (Lipinski definition) is 1. The van der Waals surface area contributed by atoms with Crippen molar-refractivity contribution in [1.82, 2.24) is 9.55 Å². The van der Waals surface area contributed by atoms with Crippen molar-refractivity contribution >= 4 is 48.5 Å². The van der Waals surface area contributed by atoms with E-state index in [1.807, 2.05) is 18.5 Å². The van der Waals surface area contributed by atoms with Crippen LogP contribution in [0.4, 0.5) is 0 Å². The molecule has 7 aromatic rings. The van der Waals surface area contributed by atoms with Crippen LogP contribution in [0.25, 0.3) is 60.5 Å². The van der Waals surface area contributed by atoms with Crippen molar-refractivity contribution in [3.8, 4) is 27.9 Å². The summed E-state index contributed by atoms with van der Waals surface area (Å²) in [5.41, 5.74) is 8.39. The van der Waals surface area contributed by atoms with E-state index in [0.717, 1.165) is 9.86 Å². The number of benzene rings is 5. The molecule has 0 atom stereocenters. The van der Waals surface area contributed by atoms with Crippen molar-refractivity contribution < 1.29 is 0 Å². The number of halogens is 1. The normalized spacial score (nSPS) is 11.5. The summed E-state index contributed by atoms with van der Waals surface area (Å²) in [4.78, 5) is 4.33. The highest BCUT2D eigenvalue weighted by Crippen LogP contribution is 2.37. The highest BCUT2D eigenvalue weighted by molar-refractivity contribution is 9.10. The van der Waals surface area contributed by atoms with Crippen molar-refractivity contribution in [1.29, 1.82) is 0 Å². The molecule has 2 heterocycles. The molecule has 0 fully saturated rings. The van der Waals surface area contributed by atoms with E-state index in [0.29, 0.717) is 0 Å². The Morgan fingerprint density at radius 3 is 2.28 bits per heavy atom. The molecule has 0 spiro atoms. The second kappa shape index (κ2) is 8.47. The minimum atomic E-state index is 1.10. The quantitative estimate of drug-likeness (QED) is 0.225. The van der Waals surface area contributed by atoms with Crippen molar-refractivity contribution in [2.75, 3.05) is 0 Å². The molecule has 0 aliphatic rings. The second-order valence-electron chi connectivity index (χ2n) is 9.02. The van der Waals surface area contributed by atoms with Crippen LogP contribution in [-0.4, -0.2) is 9.55 Å². The van der Waals surface area contributed by atoms with Crippen LogP contribution in [0.3, 0.4) is 0 Å². The van der Waals surface area contributed by atoms with E-state index in [4.69, 9.17) is 0 Å². The van der Waals surface area contributed by atoms with Crippen LogP contribution in [0.15, 0.2) is 132 Å². The molecule has 0 unspecified atom stereocenters. The minimum Gasteiger partial charge on any atom is -0.309 e. The van der Waals surface area contributed by atoms with Gasteiger partial charge in [-0.1, -0.05) is 88.7 Å². The molecule has 2 nitrogen and oxygen atoms in total. The molecule has 0 bridgehead atoms. The third-order valence-corrected chi connectivity index (χ3v) is 7.64. The van der Waals surface area contributed by atoms with Crippen LogP contribution in [0.1, 0.15) is 0 Å². The van der Waals surface area contributed by atoms with E-state index < -0.39 is 0 Å². The molecule has 0 aliphatic carbocycles. The Balaban J connectivity index is 1.46. The summed E-state index contributed by atoms with van der Waals surface area (Å²) in [6.45, 7) is 0. The van der Waals surface area contributed by atoms with Gasteiger partial charge in [0, 0.05) is 38.4 Å². The molecule has 0 N–H and O–H groups in total. The summed E-state index contributed by atoms with van der Waals surface area (Å²) < 4.78 is 3.49. The fourth-order valence-electron chi connectivity index (χ4n) is 5.27. The van der Waals surface area contributed by atoms with E-state index in [9.17, 15) is 0 Å². The summed E-state index contributed by atoms with van der Waals surface area (Å²) in [6.07, 6.45) is 3.80. The Labute approximate surface area is 217 Å². The minimum absolute atomic E-state index is 1.10. The van der Waals surface area contributed by atoms with Gasteiger partial charge in [-0.05, 0) is 64.7 Å². The van der Waals surface area contributed by atoms with Crippen molar-refractivity contribution in [2.24, 2.45) is 0 Å². The summed E-state index contributed by atoms with van der Waals surface area (Å²) >= 11 is 3.71. The van der Waals surface area contributed by atoms with E-state index in [-0.39, 0.29) is 0 Å². The van der Waals surface area contributed by atoms with E-state index in [2.05, 4.69) is 135 Å². The number of nitrogens with zero attached hydrogens (tertiary/aromatic N) is 2. The zero-order chi connectivity index (χ0) is 24.1. The fourth-order valence-corrected chi connectivity index (χ4v) is 5.79. The molecule has 36 heavy (non-hydrogen) atoms. The lowest BCUT2D eigenvalue weighted by molar-refractivity contribution is 1.19. The van der Waals surface area contributed by atoms with Gasteiger partial charge in [-0.25, -0.2) is 0 Å². The first-order valence-corrected chi connectivity index (χ1v) is 12.8. The van der Waals surface area contributed by atoms with Gasteiger partial charge in [0.15, 0.2) is 0 Å². The number of para-hydroxylation sites is 1. The number of pyridine rings is 1. The standard InChI is InChI=1S/C33H21BrN2/c34-30-12-3-1-10-26(30)24-8-5-7-22(19-24)23-15-16-33-29(20-23)28-11-2-4-13-32(28)36(33)31-14-6-9-25-21-35-18-17-27(25)31/h1-21H. The predicted octanol–water partition coefficient (Wildman–Crippen LogP) is 9.43. The zero-order valence-corrected chi connectivity index (χ0v) is 21.0. The van der Waals surface area contributed by atoms with Gasteiger partial charge in [0.1, 0.15) is 0 Å². The number of hydrogen-bond donors (Lipinski definition) is 0. The van der Waals surface area contributed by atoms with Gasteiger partial charge in [0.05, 0.1) is 16.7 Å². The van der Waals surface area contributed by atoms with Crippen molar-refractivity contribution in [3.63, 3.8) is 0 Å². The van der Waals surface area contributed by atoms with Crippen LogP contribution in [0.5, 0.6) is 0 Å². The van der Waals surface area contributed by atoms with Gasteiger partial charge < -0.3 is 4.57 Å². The molecule has 0 radical (unpaired) electrons. The first-order valence-electron chi connectivity index (χ1n) is 12.0. The average molecular weight is 525 g/mol. The molecule has 3 heteroatoms. The molecule has 5 aromatic carbocycles. The molecule has 0 aliphatic heterocycles. The maximum Gasteiger partial charge on any atom is 0.0541 e. The van der Waals surface area contributed by atoms with Gasteiger partial charge in [-0.3, -0.25) is 4.98 Å². The summed E-state index contributed by atoms with van der Waals surface area (Å²) in [6, 6.07) is 41.2. The molecule has 0 saturated carbocycles. The zero-order valence-electron chi connectivity index (χ0n) is 19.4. The predicted molar refractivity (Wildman–Crippen MR) is 155 cm³/mol. The number of aromatic nitrogens is 2.